The number of hydrogen-bond donors (Lipinski definition) is 0. The van der Waals surface area contributed by atoms with E-state index < -0.39 is 0 Å². The zero-order valence-electron chi connectivity index (χ0n) is 13.0. The third-order valence-electron chi connectivity index (χ3n) is 3.79. The van der Waals surface area contributed by atoms with Crippen molar-refractivity contribution < 1.29 is 0 Å². The molecule has 0 aliphatic heterocycles. The molecular weight excluding hydrogens is 300 g/mol. The lowest BCUT2D eigenvalue weighted by Gasteiger charge is -2.02. The fraction of sp³-hybridized carbons (Fsp3) is 0.111. The minimum absolute atomic E-state index is 0.766. The van der Waals surface area contributed by atoms with Gasteiger partial charge < -0.3 is 0 Å². The predicted octanol–water partition coefficient (Wildman–Crippen LogP) is 2.90. The highest BCUT2D eigenvalue weighted by Gasteiger charge is 2.04. The minimum atomic E-state index is 0.766. The lowest BCUT2D eigenvalue weighted by molar-refractivity contribution is 0.502. The normalized spacial score (nSPS) is 10.8. The average molecular weight is 316 g/mol. The van der Waals surface area contributed by atoms with Crippen LogP contribution in [0.4, 0.5) is 0 Å². The van der Waals surface area contributed by atoms with Crippen LogP contribution in [0.25, 0.3) is 22.5 Å². The molecule has 0 saturated heterocycles. The molecule has 4 heterocycles. The maximum atomic E-state index is 4.60. The summed E-state index contributed by atoms with van der Waals surface area (Å²) in [6, 6.07) is 11.9. The quantitative estimate of drug-likeness (QED) is 0.568. The number of aromatic nitrogens is 6. The van der Waals surface area contributed by atoms with Crippen molar-refractivity contribution in [2.75, 3.05) is 0 Å². The monoisotopic (exact) mass is 316 g/mol. The van der Waals surface area contributed by atoms with E-state index in [0.717, 1.165) is 35.6 Å². The minimum Gasteiger partial charge on any atom is -0.270 e. The van der Waals surface area contributed by atoms with Crippen molar-refractivity contribution in [3.05, 3.63) is 73.6 Å². The van der Waals surface area contributed by atoms with Crippen molar-refractivity contribution >= 4 is 0 Å². The van der Waals surface area contributed by atoms with Gasteiger partial charge in [0.2, 0.25) is 0 Å². The molecule has 0 amide bonds. The molecule has 0 radical (unpaired) electrons. The summed E-state index contributed by atoms with van der Waals surface area (Å²) in [6.45, 7) is 1.53. The van der Waals surface area contributed by atoms with E-state index in [1.54, 1.807) is 24.8 Å². The van der Waals surface area contributed by atoms with Crippen LogP contribution in [-0.4, -0.2) is 29.5 Å². The second kappa shape index (κ2) is 6.45. The van der Waals surface area contributed by atoms with E-state index in [4.69, 9.17) is 0 Å². The van der Waals surface area contributed by atoms with Crippen molar-refractivity contribution in [3.8, 4) is 22.5 Å². The Hall–Kier alpha value is -3.28. The number of rotatable bonds is 5. The largest absolute Gasteiger partial charge is 0.270 e. The number of hydrogen-bond acceptors (Lipinski definition) is 4. The standard InChI is InChI=1S/C18H16N6/c1-7-19-8-2-15(1)17-5-11-23(21-17)13-14-24-12-6-18(22-24)16-3-9-20-10-4-16/h1-12H,13-14H2. The first-order chi connectivity index (χ1) is 11.9. The summed E-state index contributed by atoms with van der Waals surface area (Å²) in [5.41, 5.74) is 4.05. The Morgan fingerprint density at radius 3 is 1.42 bits per heavy atom. The average Bonchev–Trinajstić information content (AvgIpc) is 3.31. The van der Waals surface area contributed by atoms with Crippen LogP contribution in [0.5, 0.6) is 0 Å². The molecule has 0 bridgehead atoms. The second-order valence-corrected chi connectivity index (χ2v) is 5.40. The van der Waals surface area contributed by atoms with Crippen LogP contribution >= 0.6 is 0 Å². The molecule has 4 rings (SSSR count). The van der Waals surface area contributed by atoms with Crippen molar-refractivity contribution in [2.24, 2.45) is 0 Å². The summed E-state index contributed by atoms with van der Waals surface area (Å²) in [4.78, 5) is 8.06. The molecule has 6 heteroatoms. The molecular formula is C18H16N6. The van der Waals surface area contributed by atoms with Crippen molar-refractivity contribution in [3.63, 3.8) is 0 Å². The molecule has 0 N–H and O–H groups in total. The van der Waals surface area contributed by atoms with Crippen LogP contribution in [0.1, 0.15) is 0 Å². The van der Waals surface area contributed by atoms with Crippen LogP contribution in [0, 0.1) is 0 Å². The van der Waals surface area contributed by atoms with Gasteiger partial charge in [0.1, 0.15) is 0 Å². The van der Waals surface area contributed by atoms with E-state index in [0.29, 0.717) is 0 Å². The highest BCUT2D eigenvalue weighted by atomic mass is 15.3. The molecule has 118 valence electrons. The van der Waals surface area contributed by atoms with Gasteiger partial charge in [-0.3, -0.25) is 19.3 Å². The highest BCUT2D eigenvalue weighted by molar-refractivity contribution is 5.57. The molecule has 0 fully saturated rings. The lowest BCUT2D eigenvalue weighted by atomic mass is 10.2. The van der Waals surface area contributed by atoms with Crippen molar-refractivity contribution in [2.45, 2.75) is 13.1 Å². The van der Waals surface area contributed by atoms with Gasteiger partial charge in [0.25, 0.3) is 0 Å². The Kier molecular flexibility index (Phi) is 3.85. The van der Waals surface area contributed by atoms with Crippen LogP contribution in [0.15, 0.2) is 73.6 Å². The van der Waals surface area contributed by atoms with Crippen LogP contribution in [0.3, 0.4) is 0 Å². The predicted molar refractivity (Wildman–Crippen MR) is 90.9 cm³/mol. The summed E-state index contributed by atoms with van der Waals surface area (Å²) in [7, 11) is 0. The van der Waals surface area contributed by atoms with E-state index in [1.165, 1.54) is 0 Å². The first-order valence-electron chi connectivity index (χ1n) is 7.76. The van der Waals surface area contributed by atoms with Gasteiger partial charge in [0, 0.05) is 48.3 Å². The maximum absolute atomic E-state index is 4.60. The summed E-state index contributed by atoms with van der Waals surface area (Å²) in [5, 5.41) is 9.20. The zero-order valence-corrected chi connectivity index (χ0v) is 13.0. The van der Waals surface area contributed by atoms with Crippen LogP contribution < -0.4 is 0 Å². The van der Waals surface area contributed by atoms with E-state index in [2.05, 4.69) is 20.2 Å². The van der Waals surface area contributed by atoms with Gasteiger partial charge in [0.05, 0.1) is 24.5 Å². The Bertz CT molecular complexity index is 833. The number of pyridine rings is 2. The Morgan fingerprint density at radius 2 is 1.00 bits per heavy atom. The van der Waals surface area contributed by atoms with Gasteiger partial charge in [-0.05, 0) is 36.4 Å². The van der Waals surface area contributed by atoms with Crippen molar-refractivity contribution in [1.82, 2.24) is 29.5 Å². The fourth-order valence-corrected chi connectivity index (χ4v) is 2.53. The Labute approximate surface area is 139 Å². The third kappa shape index (κ3) is 3.08. The Morgan fingerprint density at radius 1 is 0.583 bits per heavy atom. The second-order valence-electron chi connectivity index (χ2n) is 5.40. The smallest absolute Gasteiger partial charge is 0.0924 e. The summed E-state index contributed by atoms with van der Waals surface area (Å²) >= 11 is 0. The van der Waals surface area contributed by atoms with E-state index >= 15 is 0 Å². The van der Waals surface area contributed by atoms with E-state index in [1.807, 2.05) is 58.2 Å². The van der Waals surface area contributed by atoms with Gasteiger partial charge in [0.15, 0.2) is 0 Å². The number of aryl methyl sites for hydroxylation is 2. The molecule has 0 atom stereocenters. The van der Waals surface area contributed by atoms with Gasteiger partial charge in [-0.25, -0.2) is 0 Å². The third-order valence-corrected chi connectivity index (χ3v) is 3.79. The van der Waals surface area contributed by atoms with Gasteiger partial charge >= 0.3 is 0 Å². The van der Waals surface area contributed by atoms with Crippen LogP contribution in [0.2, 0.25) is 0 Å². The van der Waals surface area contributed by atoms with Crippen molar-refractivity contribution in [1.29, 1.82) is 0 Å². The summed E-state index contributed by atoms with van der Waals surface area (Å²) in [5.74, 6) is 0. The van der Waals surface area contributed by atoms with Crippen LogP contribution in [-0.2, 0) is 13.1 Å². The molecule has 0 aliphatic rings. The first kappa shape index (κ1) is 14.3. The molecule has 0 unspecified atom stereocenters. The van der Waals surface area contributed by atoms with Gasteiger partial charge in [-0.2, -0.15) is 10.2 Å². The topological polar surface area (TPSA) is 61.4 Å². The molecule has 0 saturated carbocycles. The summed E-state index contributed by atoms with van der Waals surface area (Å²) < 4.78 is 3.87. The zero-order chi connectivity index (χ0) is 16.2. The van der Waals surface area contributed by atoms with Gasteiger partial charge in [-0.15, -0.1) is 0 Å². The molecule has 0 aliphatic carbocycles. The molecule has 0 spiro atoms. The van der Waals surface area contributed by atoms with E-state index in [-0.39, 0.29) is 0 Å². The SMILES string of the molecule is c1cc(-c2ccn(CCn3ccc(-c4ccncc4)n3)n2)ccn1. The Balaban J connectivity index is 1.43. The summed E-state index contributed by atoms with van der Waals surface area (Å²) in [6.07, 6.45) is 11.1. The molecule has 0 aromatic carbocycles. The van der Waals surface area contributed by atoms with E-state index in [9.17, 15) is 0 Å². The molecule has 24 heavy (non-hydrogen) atoms. The fourth-order valence-electron chi connectivity index (χ4n) is 2.53. The number of nitrogens with zero attached hydrogens (tertiary/aromatic N) is 6. The first-order valence-corrected chi connectivity index (χ1v) is 7.76. The maximum Gasteiger partial charge on any atom is 0.0924 e. The molecule has 6 nitrogen and oxygen atoms in total. The van der Waals surface area contributed by atoms with Gasteiger partial charge in [-0.1, -0.05) is 0 Å². The highest BCUT2D eigenvalue weighted by Crippen LogP contribution is 2.16. The molecule has 4 aromatic heterocycles. The lowest BCUT2D eigenvalue weighted by Crippen LogP contribution is -2.08. The molecule has 4 aromatic rings.